The van der Waals surface area contributed by atoms with Crippen LogP contribution in [0.4, 0.5) is 5.69 Å². The van der Waals surface area contributed by atoms with Crippen molar-refractivity contribution >= 4 is 34.4 Å². The van der Waals surface area contributed by atoms with Gasteiger partial charge in [-0.25, -0.2) is 4.98 Å². The van der Waals surface area contributed by atoms with Gasteiger partial charge in [-0.05, 0) is 0 Å². The molecule has 0 saturated carbocycles. The first-order valence-corrected chi connectivity index (χ1v) is 7.16. The molecule has 1 unspecified atom stereocenters. The number of nitro benzene ring substituents is 1. The molecule has 0 fully saturated rings. The summed E-state index contributed by atoms with van der Waals surface area (Å²) in [5.74, 6) is -1.68. The van der Waals surface area contributed by atoms with Crippen molar-refractivity contribution in [1.29, 1.82) is 5.26 Å². The molecule has 1 heterocycles. The van der Waals surface area contributed by atoms with E-state index in [1.807, 2.05) is 6.07 Å². The molecule has 0 N–H and O–H groups in total. The van der Waals surface area contributed by atoms with Crippen LogP contribution in [0.5, 0.6) is 0 Å². The zero-order chi connectivity index (χ0) is 15.4. The zero-order valence-corrected chi connectivity index (χ0v) is 12.1. The lowest BCUT2D eigenvalue weighted by Crippen LogP contribution is -2.11. The van der Waals surface area contributed by atoms with Crippen LogP contribution in [-0.4, -0.2) is 21.6 Å². The fraction of sp³-hybridized carbons (Fsp3) is 0.154. The molecule has 1 aromatic heterocycles. The first-order chi connectivity index (χ1) is 10.1. The number of aromatic nitrogens is 1. The van der Waals surface area contributed by atoms with Gasteiger partial charge in [0.2, 0.25) is 0 Å². The van der Waals surface area contributed by atoms with Crippen molar-refractivity contribution in [3.63, 3.8) is 0 Å². The second-order valence-corrected chi connectivity index (χ2v) is 5.20. The summed E-state index contributed by atoms with van der Waals surface area (Å²) in [7, 11) is 0. The Balaban J connectivity index is 2.36. The monoisotopic (exact) mass is 321 g/mol. The Hall–Kier alpha value is -2.30. The molecule has 6 nitrogen and oxygen atoms in total. The van der Waals surface area contributed by atoms with Gasteiger partial charge in [0.25, 0.3) is 5.69 Å². The van der Waals surface area contributed by atoms with E-state index in [4.69, 9.17) is 16.9 Å². The number of nitro groups is 1. The molecule has 0 aliphatic carbocycles. The smallest absolute Gasteiger partial charge is 0.270 e. The maximum Gasteiger partial charge on any atom is 0.270 e. The van der Waals surface area contributed by atoms with E-state index in [0.29, 0.717) is 16.3 Å². The average Bonchev–Trinajstić information content (AvgIpc) is 2.97. The second-order valence-electron chi connectivity index (χ2n) is 4.04. The van der Waals surface area contributed by atoms with Crippen molar-refractivity contribution in [1.82, 2.24) is 4.98 Å². The molecule has 21 heavy (non-hydrogen) atoms. The molecule has 0 saturated heterocycles. The number of hydrogen-bond acceptors (Lipinski definition) is 6. The number of hydrogen-bond donors (Lipinski definition) is 0. The fourth-order valence-electron chi connectivity index (χ4n) is 1.67. The molecule has 0 aliphatic rings. The SMILES string of the molecule is N#CC(C(=O)CCl)c1nc(-c2cccc([N+](=O)[O-])c2)cs1. The molecule has 1 aromatic carbocycles. The summed E-state index contributed by atoms with van der Waals surface area (Å²) in [5.41, 5.74) is 0.999. The van der Waals surface area contributed by atoms with Crippen molar-refractivity contribution in [2.24, 2.45) is 0 Å². The molecule has 0 spiro atoms. The van der Waals surface area contributed by atoms with E-state index in [2.05, 4.69) is 4.98 Å². The summed E-state index contributed by atoms with van der Waals surface area (Å²) in [6.45, 7) is 0. The quantitative estimate of drug-likeness (QED) is 0.478. The predicted octanol–water partition coefficient (Wildman–Crippen LogP) is 3.13. The Labute approximate surface area is 128 Å². The molecule has 0 radical (unpaired) electrons. The first kappa shape index (κ1) is 15.1. The summed E-state index contributed by atoms with van der Waals surface area (Å²) >= 11 is 6.61. The largest absolute Gasteiger partial charge is 0.296 e. The van der Waals surface area contributed by atoms with Crippen molar-refractivity contribution < 1.29 is 9.72 Å². The Bertz CT molecular complexity index is 738. The number of benzene rings is 1. The summed E-state index contributed by atoms with van der Waals surface area (Å²) in [4.78, 5) is 26.0. The minimum Gasteiger partial charge on any atom is -0.296 e. The number of non-ortho nitro benzene ring substituents is 1. The zero-order valence-electron chi connectivity index (χ0n) is 10.5. The maximum absolute atomic E-state index is 11.6. The van der Waals surface area contributed by atoms with Crippen LogP contribution in [0.3, 0.4) is 0 Å². The Morgan fingerprint density at radius 2 is 2.33 bits per heavy atom. The molecule has 0 bridgehead atoms. The van der Waals surface area contributed by atoms with E-state index >= 15 is 0 Å². The lowest BCUT2D eigenvalue weighted by Gasteiger charge is -2.01. The number of nitriles is 1. The van der Waals surface area contributed by atoms with Gasteiger partial charge in [-0.1, -0.05) is 12.1 Å². The van der Waals surface area contributed by atoms with Crippen LogP contribution < -0.4 is 0 Å². The third kappa shape index (κ3) is 3.24. The number of nitrogens with zero attached hydrogens (tertiary/aromatic N) is 3. The van der Waals surface area contributed by atoms with Crippen LogP contribution in [0.15, 0.2) is 29.6 Å². The van der Waals surface area contributed by atoms with E-state index in [1.54, 1.807) is 17.5 Å². The summed E-state index contributed by atoms with van der Waals surface area (Å²) < 4.78 is 0. The van der Waals surface area contributed by atoms with Gasteiger partial charge in [0.15, 0.2) is 11.7 Å². The topological polar surface area (TPSA) is 96.9 Å². The number of ketones is 1. The van der Waals surface area contributed by atoms with Crippen molar-refractivity contribution in [3.05, 3.63) is 44.8 Å². The molecule has 2 aromatic rings. The van der Waals surface area contributed by atoms with E-state index in [0.717, 1.165) is 11.3 Å². The molecule has 1 atom stereocenters. The van der Waals surface area contributed by atoms with Gasteiger partial charge >= 0.3 is 0 Å². The number of rotatable bonds is 5. The highest BCUT2D eigenvalue weighted by Crippen LogP contribution is 2.28. The van der Waals surface area contributed by atoms with E-state index in [1.165, 1.54) is 12.1 Å². The first-order valence-electron chi connectivity index (χ1n) is 5.75. The summed E-state index contributed by atoms with van der Waals surface area (Å²) in [5, 5.41) is 21.8. The molecular formula is C13H8ClN3O3S. The number of thiazole rings is 1. The molecule has 106 valence electrons. The van der Waals surface area contributed by atoms with Gasteiger partial charge in [0.05, 0.1) is 22.6 Å². The molecule has 0 amide bonds. The predicted molar refractivity (Wildman–Crippen MR) is 78.3 cm³/mol. The highest BCUT2D eigenvalue weighted by Gasteiger charge is 2.23. The van der Waals surface area contributed by atoms with Crippen LogP contribution in [0, 0.1) is 21.4 Å². The number of carbonyl (C=O) groups excluding carboxylic acids is 1. The number of carbonyl (C=O) groups is 1. The standard InChI is InChI=1S/C13H8ClN3O3S/c14-5-12(18)10(6-15)13-16-11(7-21-13)8-2-1-3-9(4-8)17(19)20/h1-4,7,10H,5H2. The van der Waals surface area contributed by atoms with Gasteiger partial charge in [0, 0.05) is 23.1 Å². The minimum atomic E-state index is -1.00. The highest BCUT2D eigenvalue weighted by molar-refractivity contribution is 7.10. The van der Waals surface area contributed by atoms with Crippen LogP contribution in [0.2, 0.25) is 0 Å². The minimum absolute atomic E-state index is 0.0456. The molecule has 8 heteroatoms. The maximum atomic E-state index is 11.6. The lowest BCUT2D eigenvalue weighted by atomic mass is 10.1. The Morgan fingerprint density at radius 1 is 1.57 bits per heavy atom. The fourth-order valence-corrected chi connectivity index (χ4v) is 2.72. The van der Waals surface area contributed by atoms with Crippen LogP contribution in [0.25, 0.3) is 11.3 Å². The van der Waals surface area contributed by atoms with Gasteiger partial charge < -0.3 is 0 Å². The Kier molecular flexibility index (Phi) is 4.62. The van der Waals surface area contributed by atoms with Crippen molar-refractivity contribution in [3.8, 4) is 17.3 Å². The summed E-state index contributed by atoms with van der Waals surface area (Å²) in [6.07, 6.45) is 0. The van der Waals surface area contributed by atoms with Gasteiger partial charge in [-0.2, -0.15) is 5.26 Å². The van der Waals surface area contributed by atoms with Gasteiger partial charge in [-0.15, -0.1) is 22.9 Å². The normalized spacial score (nSPS) is 11.6. The number of alkyl halides is 1. The number of halogens is 1. The van der Waals surface area contributed by atoms with E-state index in [-0.39, 0.29) is 11.6 Å². The van der Waals surface area contributed by atoms with Crippen LogP contribution >= 0.6 is 22.9 Å². The highest BCUT2D eigenvalue weighted by atomic mass is 35.5. The second kappa shape index (κ2) is 6.43. The van der Waals surface area contributed by atoms with E-state index in [9.17, 15) is 14.9 Å². The molecule has 0 aliphatic heterocycles. The summed E-state index contributed by atoms with van der Waals surface area (Å²) in [6, 6.07) is 7.87. The lowest BCUT2D eigenvalue weighted by molar-refractivity contribution is -0.384. The van der Waals surface area contributed by atoms with Crippen molar-refractivity contribution in [2.75, 3.05) is 5.88 Å². The van der Waals surface area contributed by atoms with E-state index < -0.39 is 16.6 Å². The van der Waals surface area contributed by atoms with Crippen LogP contribution in [-0.2, 0) is 4.79 Å². The van der Waals surface area contributed by atoms with Gasteiger partial charge in [0.1, 0.15) is 5.01 Å². The third-order valence-electron chi connectivity index (χ3n) is 2.70. The van der Waals surface area contributed by atoms with Crippen molar-refractivity contribution in [2.45, 2.75) is 5.92 Å². The molecular weight excluding hydrogens is 314 g/mol. The third-order valence-corrected chi connectivity index (χ3v) is 3.88. The number of Topliss-reactive ketones (excluding diaryl/α,β-unsaturated/α-hetero) is 1. The molecule has 2 rings (SSSR count). The average molecular weight is 322 g/mol. The van der Waals surface area contributed by atoms with Crippen LogP contribution in [0.1, 0.15) is 10.9 Å². The Morgan fingerprint density at radius 3 is 2.95 bits per heavy atom. The van der Waals surface area contributed by atoms with Gasteiger partial charge in [-0.3, -0.25) is 14.9 Å².